The highest BCUT2D eigenvalue weighted by Gasteiger charge is 2.18. The normalized spacial score (nSPS) is 24.1. The molecule has 0 aliphatic carbocycles. The average Bonchev–Trinajstić information content (AvgIpc) is 2.00. The van der Waals surface area contributed by atoms with Crippen molar-refractivity contribution in [1.82, 2.24) is 15.8 Å². The molecule has 0 spiro atoms. The Hall–Kier alpha value is -0.610. The summed E-state index contributed by atoms with van der Waals surface area (Å²) < 4.78 is 0. The molecule has 1 saturated heterocycles. The first kappa shape index (κ1) is 11.5. The fourth-order valence-electron chi connectivity index (χ4n) is 1.73. The molecular weight excluding hydrogens is 178 g/mol. The Morgan fingerprint density at radius 3 is 2.71 bits per heavy atom. The van der Waals surface area contributed by atoms with Crippen LogP contribution in [0.2, 0.25) is 0 Å². The molecule has 4 nitrogen and oxygen atoms in total. The lowest BCUT2D eigenvalue weighted by Crippen LogP contribution is -2.49. The maximum Gasteiger partial charge on any atom is 0.251 e. The van der Waals surface area contributed by atoms with Gasteiger partial charge in [0.2, 0.25) is 0 Å². The molecule has 0 bridgehead atoms. The third-order valence-electron chi connectivity index (χ3n) is 2.46. The smallest absolute Gasteiger partial charge is 0.251 e. The van der Waals surface area contributed by atoms with E-state index < -0.39 is 0 Å². The lowest BCUT2D eigenvalue weighted by atomic mass is 10.0. The van der Waals surface area contributed by atoms with Crippen molar-refractivity contribution in [1.29, 1.82) is 0 Å². The summed E-state index contributed by atoms with van der Waals surface area (Å²) in [6.07, 6.45) is 5.84. The molecule has 0 radical (unpaired) electrons. The van der Waals surface area contributed by atoms with Crippen molar-refractivity contribution < 1.29 is 4.79 Å². The number of hydrogen-bond donors (Lipinski definition) is 2. The van der Waals surface area contributed by atoms with Crippen LogP contribution in [0, 0.1) is 0 Å². The molecule has 4 heteroatoms. The Labute approximate surface area is 86.0 Å². The van der Waals surface area contributed by atoms with Crippen LogP contribution >= 0.6 is 0 Å². The minimum Gasteiger partial charge on any atom is -0.306 e. The number of nitrogens with zero attached hydrogens (tertiary/aromatic N) is 1. The van der Waals surface area contributed by atoms with E-state index in [1.807, 2.05) is 14.1 Å². The lowest BCUT2D eigenvalue weighted by Gasteiger charge is -2.22. The SMILES string of the molecule is CN(C)NC(=O)C1CCCCCCN1. The van der Waals surface area contributed by atoms with Crippen LogP contribution in [0.3, 0.4) is 0 Å². The van der Waals surface area contributed by atoms with Gasteiger partial charge in [0, 0.05) is 14.1 Å². The summed E-state index contributed by atoms with van der Waals surface area (Å²) in [5.74, 6) is 0.0944. The molecular formula is C10H21N3O. The molecule has 2 N–H and O–H groups in total. The van der Waals surface area contributed by atoms with Crippen molar-refractivity contribution in [2.24, 2.45) is 0 Å². The summed E-state index contributed by atoms with van der Waals surface area (Å²) in [4.78, 5) is 11.7. The van der Waals surface area contributed by atoms with E-state index in [2.05, 4.69) is 10.7 Å². The lowest BCUT2D eigenvalue weighted by molar-refractivity contribution is -0.127. The molecule has 0 saturated carbocycles. The van der Waals surface area contributed by atoms with Crippen molar-refractivity contribution in [3.63, 3.8) is 0 Å². The van der Waals surface area contributed by atoms with E-state index in [4.69, 9.17) is 0 Å². The zero-order valence-corrected chi connectivity index (χ0v) is 9.18. The fraction of sp³-hybridized carbons (Fsp3) is 0.900. The van der Waals surface area contributed by atoms with Gasteiger partial charge in [-0.2, -0.15) is 0 Å². The summed E-state index contributed by atoms with van der Waals surface area (Å²) in [7, 11) is 3.67. The zero-order valence-electron chi connectivity index (χ0n) is 9.18. The predicted molar refractivity (Wildman–Crippen MR) is 56.7 cm³/mol. The maximum absolute atomic E-state index is 11.7. The van der Waals surface area contributed by atoms with Gasteiger partial charge in [-0.05, 0) is 19.4 Å². The van der Waals surface area contributed by atoms with E-state index in [1.54, 1.807) is 5.01 Å². The molecule has 0 aromatic rings. The van der Waals surface area contributed by atoms with E-state index in [0.29, 0.717) is 0 Å². The predicted octanol–water partition coefficient (Wildman–Crippen LogP) is 0.501. The maximum atomic E-state index is 11.7. The van der Waals surface area contributed by atoms with Crippen LogP contribution in [-0.4, -0.2) is 37.6 Å². The van der Waals surface area contributed by atoms with Crippen LogP contribution in [0.1, 0.15) is 32.1 Å². The van der Waals surface area contributed by atoms with E-state index >= 15 is 0 Å². The first-order chi connectivity index (χ1) is 6.70. The number of carbonyl (C=O) groups excluding carboxylic acids is 1. The quantitative estimate of drug-likeness (QED) is 0.637. The first-order valence-electron chi connectivity index (χ1n) is 5.41. The fourth-order valence-corrected chi connectivity index (χ4v) is 1.73. The third kappa shape index (κ3) is 4.07. The van der Waals surface area contributed by atoms with Crippen molar-refractivity contribution in [2.45, 2.75) is 38.1 Å². The second kappa shape index (κ2) is 5.98. The van der Waals surface area contributed by atoms with Crippen molar-refractivity contribution in [3.8, 4) is 0 Å². The van der Waals surface area contributed by atoms with Crippen molar-refractivity contribution in [3.05, 3.63) is 0 Å². The summed E-state index contributed by atoms with van der Waals surface area (Å²) >= 11 is 0. The van der Waals surface area contributed by atoms with E-state index in [-0.39, 0.29) is 11.9 Å². The van der Waals surface area contributed by atoms with Gasteiger partial charge in [0.15, 0.2) is 0 Å². The Bertz CT molecular complexity index is 174. The first-order valence-corrected chi connectivity index (χ1v) is 5.41. The summed E-state index contributed by atoms with van der Waals surface area (Å²) in [5, 5.41) is 4.99. The topological polar surface area (TPSA) is 44.4 Å². The minimum atomic E-state index is -0.00213. The molecule has 0 aromatic heterocycles. The van der Waals surface area contributed by atoms with Gasteiger partial charge in [0.05, 0.1) is 6.04 Å². The van der Waals surface area contributed by atoms with E-state index in [1.165, 1.54) is 19.3 Å². The standard InChI is InChI=1S/C10H21N3O/c1-13(2)12-10(14)9-7-5-3-4-6-8-11-9/h9,11H,3-8H2,1-2H3,(H,12,14). The van der Waals surface area contributed by atoms with Crippen molar-refractivity contribution >= 4 is 5.91 Å². The Kier molecular flexibility index (Phi) is 4.90. The highest BCUT2D eigenvalue weighted by molar-refractivity contribution is 5.81. The van der Waals surface area contributed by atoms with E-state index in [0.717, 1.165) is 19.4 Å². The van der Waals surface area contributed by atoms with Crippen LogP contribution in [-0.2, 0) is 4.79 Å². The number of nitrogens with one attached hydrogen (secondary N) is 2. The Morgan fingerprint density at radius 1 is 1.29 bits per heavy atom. The van der Waals surface area contributed by atoms with Gasteiger partial charge in [-0.3, -0.25) is 10.2 Å². The number of hydrazine groups is 1. The minimum absolute atomic E-state index is 0.00213. The van der Waals surface area contributed by atoms with Gasteiger partial charge in [-0.25, -0.2) is 5.01 Å². The van der Waals surface area contributed by atoms with Crippen LogP contribution in [0.15, 0.2) is 0 Å². The molecule has 1 aliphatic heterocycles. The second-order valence-corrected chi connectivity index (χ2v) is 4.08. The molecule has 1 atom stereocenters. The number of rotatable bonds is 2. The Morgan fingerprint density at radius 2 is 2.00 bits per heavy atom. The van der Waals surface area contributed by atoms with Crippen LogP contribution in [0.25, 0.3) is 0 Å². The van der Waals surface area contributed by atoms with Gasteiger partial charge < -0.3 is 5.32 Å². The van der Waals surface area contributed by atoms with Crippen LogP contribution < -0.4 is 10.7 Å². The van der Waals surface area contributed by atoms with Gasteiger partial charge in [-0.15, -0.1) is 0 Å². The zero-order chi connectivity index (χ0) is 10.4. The molecule has 14 heavy (non-hydrogen) atoms. The second-order valence-electron chi connectivity index (χ2n) is 4.08. The molecule has 82 valence electrons. The highest BCUT2D eigenvalue weighted by Crippen LogP contribution is 2.09. The third-order valence-corrected chi connectivity index (χ3v) is 2.46. The van der Waals surface area contributed by atoms with Gasteiger partial charge in [0.25, 0.3) is 5.91 Å². The summed E-state index contributed by atoms with van der Waals surface area (Å²) in [5.41, 5.74) is 2.79. The summed E-state index contributed by atoms with van der Waals surface area (Å²) in [6, 6.07) is -0.00213. The molecule has 0 aromatic carbocycles. The molecule has 1 fully saturated rings. The van der Waals surface area contributed by atoms with Crippen molar-refractivity contribution in [2.75, 3.05) is 20.6 Å². The van der Waals surface area contributed by atoms with Gasteiger partial charge in [0.1, 0.15) is 0 Å². The molecule has 1 aliphatic rings. The van der Waals surface area contributed by atoms with Crippen LogP contribution in [0.5, 0.6) is 0 Å². The van der Waals surface area contributed by atoms with Crippen LogP contribution in [0.4, 0.5) is 0 Å². The monoisotopic (exact) mass is 199 g/mol. The Balaban J connectivity index is 2.35. The number of amides is 1. The average molecular weight is 199 g/mol. The molecule has 1 heterocycles. The number of carbonyl (C=O) groups is 1. The summed E-state index contributed by atoms with van der Waals surface area (Å²) in [6.45, 7) is 0.964. The number of hydrogen-bond acceptors (Lipinski definition) is 3. The molecule has 1 rings (SSSR count). The van der Waals surface area contributed by atoms with E-state index in [9.17, 15) is 4.79 Å². The van der Waals surface area contributed by atoms with Gasteiger partial charge in [-0.1, -0.05) is 19.3 Å². The molecule has 1 unspecified atom stereocenters. The highest BCUT2D eigenvalue weighted by atomic mass is 16.2. The van der Waals surface area contributed by atoms with Gasteiger partial charge >= 0.3 is 0 Å². The molecule has 1 amide bonds. The largest absolute Gasteiger partial charge is 0.306 e.